The molecule has 0 bridgehead atoms. The van der Waals surface area contributed by atoms with Gasteiger partial charge in [0.15, 0.2) is 0 Å². The molecule has 0 aromatic rings. The van der Waals surface area contributed by atoms with Gasteiger partial charge in [0.1, 0.15) is 0 Å². The minimum Gasteiger partial charge on any atom is -0.103 e. The SMILES string of the molecule is C=CCCC1=C(CC)C2=CC[C@H](C)C=C2SC1=C. The van der Waals surface area contributed by atoms with Crippen molar-refractivity contribution in [2.45, 2.75) is 39.5 Å². The molecule has 96 valence electrons. The molecule has 0 spiro atoms. The molecule has 1 heteroatoms. The molecule has 2 rings (SSSR count). The number of fused-ring (bicyclic) bond motifs is 1. The van der Waals surface area contributed by atoms with Crippen molar-refractivity contribution in [3.8, 4) is 0 Å². The van der Waals surface area contributed by atoms with Gasteiger partial charge in [-0.25, -0.2) is 0 Å². The standard InChI is InChI=1S/C17H22S/c1-5-7-8-15-13(4)18-17-11-12(3)9-10-16(17)14(15)6-2/h5,10-12H,1,4,6-9H2,2-3H3/t12-/m0/s1. The van der Waals surface area contributed by atoms with Gasteiger partial charge in [-0.3, -0.25) is 0 Å². The Hall–Kier alpha value is -0.950. The van der Waals surface area contributed by atoms with E-state index in [-0.39, 0.29) is 0 Å². The number of allylic oxidation sites excluding steroid dienone is 6. The van der Waals surface area contributed by atoms with Crippen LogP contribution in [0.2, 0.25) is 0 Å². The van der Waals surface area contributed by atoms with E-state index in [1.807, 2.05) is 17.8 Å². The molecule has 1 heterocycles. The van der Waals surface area contributed by atoms with Crippen LogP contribution in [0.4, 0.5) is 0 Å². The van der Waals surface area contributed by atoms with Crippen molar-refractivity contribution in [3.05, 3.63) is 57.9 Å². The largest absolute Gasteiger partial charge is 0.103 e. The summed E-state index contributed by atoms with van der Waals surface area (Å²) in [6, 6.07) is 0. The third-order valence-corrected chi connectivity index (χ3v) is 4.67. The number of hydrogen-bond donors (Lipinski definition) is 0. The van der Waals surface area contributed by atoms with Gasteiger partial charge in [0.05, 0.1) is 0 Å². The maximum absolute atomic E-state index is 4.27. The Labute approximate surface area is 115 Å². The van der Waals surface area contributed by atoms with E-state index in [1.54, 1.807) is 0 Å². The van der Waals surface area contributed by atoms with Crippen LogP contribution in [0, 0.1) is 5.92 Å². The molecule has 0 N–H and O–H groups in total. The fourth-order valence-electron chi connectivity index (χ4n) is 2.65. The van der Waals surface area contributed by atoms with Crippen molar-refractivity contribution in [1.29, 1.82) is 0 Å². The first-order chi connectivity index (χ1) is 8.67. The number of thioether (sulfide) groups is 1. The Morgan fingerprint density at radius 3 is 2.89 bits per heavy atom. The lowest BCUT2D eigenvalue weighted by atomic mass is 9.88. The zero-order valence-electron chi connectivity index (χ0n) is 11.5. The second-order valence-electron chi connectivity index (χ2n) is 5.02. The quantitative estimate of drug-likeness (QED) is 0.577. The monoisotopic (exact) mass is 258 g/mol. The second kappa shape index (κ2) is 5.79. The smallest absolute Gasteiger partial charge is 0.0157 e. The number of rotatable bonds is 4. The molecule has 1 aliphatic carbocycles. The zero-order chi connectivity index (χ0) is 13.1. The summed E-state index contributed by atoms with van der Waals surface area (Å²) in [6.07, 6.45) is 11.2. The Balaban J connectivity index is 2.40. The molecule has 0 saturated heterocycles. The van der Waals surface area contributed by atoms with Crippen molar-refractivity contribution in [1.82, 2.24) is 0 Å². The van der Waals surface area contributed by atoms with Crippen LogP contribution in [0.5, 0.6) is 0 Å². The molecule has 2 aliphatic rings. The van der Waals surface area contributed by atoms with Crippen LogP contribution in [0.1, 0.15) is 39.5 Å². The molecule has 0 nitrogen and oxygen atoms in total. The Morgan fingerprint density at radius 1 is 1.44 bits per heavy atom. The predicted octanol–water partition coefficient (Wildman–Crippen LogP) is 5.77. The highest BCUT2D eigenvalue weighted by Gasteiger charge is 2.25. The maximum atomic E-state index is 4.27. The van der Waals surface area contributed by atoms with Crippen molar-refractivity contribution in [3.63, 3.8) is 0 Å². The van der Waals surface area contributed by atoms with E-state index in [9.17, 15) is 0 Å². The van der Waals surface area contributed by atoms with E-state index in [1.165, 1.54) is 33.0 Å². The lowest BCUT2D eigenvalue weighted by Gasteiger charge is -2.29. The summed E-state index contributed by atoms with van der Waals surface area (Å²) in [5.74, 6) is 0.664. The topological polar surface area (TPSA) is 0 Å². The van der Waals surface area contributed by atoms with Gasteiger partial charge in [-0.1, -0.05) is 50.4 Å². The summed E-state index contributed by atoms with van der Waals surface area (Å²) >= 11 is 1.86. The Kier molecular flexibility index (Phi) is 4.34. The van der Waals surface area contributed by atoms with Crippen LogP contribution < -0.4 is 0 Å². The van der Waals surface area contributed by atoms with E-state index in [0.717, 1.165) is 19.3 Å². The van der Waals surface area contributed by atoms with Crippen LogP contribution in [-0.2, 0) is 0 Å². The molecular formula is C17H22S. The Bertz CT molecular complexity index is 460. The van der Waals surface area contributed by atoms with Crippen molar-refractivity contribution >= 4 is 11.8 Å². The minimum atomic E-state index is 0.664. The first-order valence-electron chi connectivity index (χ1n) is 6.80. The minimum absolute atomic E-state index is 0.664. The van der Waals surface area contributed by atoms with Gasteiger partial charge in [0, 0.05) is 9.81 Å². The normalized spacial score (nSPS) is 23.4. The van der Waals surface area contributed by atoms with Crippen LogP contribution in [0.15, 0.2) is 57.9 Å². The van der Waals surface area contributed by atoms with E-state index in [2.05, 4.69) is 39.2 Å². The molecule has 0 radical (unpaired) electrons. The van der Waals surface area contributed by atoms with Gasteiger partial charge in [-0.2, -0.15) is 0 Å². The summed E-state index contributed by atoms with van der Waals surface area (Å²) < 4.78 is 0. The second-order valence-corrected chi connectivity index (χ2v) is 6.16. The van der Waals surface area contributed by atoms with Crippen molar-refractivity contribution in [2.24, 2.45) is 5.92 Å². The predicted molar refractivity (Wildman–Crippen MR) is 83.4 cm³/mol. The first-order valence-corrected chi connectivity index (χ1v) is 7.61. The molecular weight excluding hydrogens is 236 g/mol. The van der Waals surface area contributed by atoms with E-state index in [0.29, 0.717) is 5.92 Å². The van der Waals surface area contributed by atoms with Crippen LogP contribution in [0.25, 0.3) is 0 Å². The fraction of sp³-hybridized carbons (Fsp3) is 0.412. The third kappa shape index (κ3) is 2.56. The molecule has 0 saturated carbocycles. The van der Waals surface area contributed by atoms with E-state index >= 15 is 0 Å². The zero-order valence-corrected chi connectivity index (χ0v) is 12.3. The highest BCUT2D eigenvalue weighted by molar-refractivity contribution is 8.07. The van der Waals surface area contributed by atoms with E-state index < -0.39 is 0 Å². The first kappa shape index (κ1) is 13.5. The molecule has 0 amide bonds. The maximum Gasteiger partial charge on any atom is 0.0157 e. The van der Waals surface area contributed by atoms with Gasteiger partial charge in [-0.05, 0) is 48.3 Å². The van der Waals surface area contributed by atoms with Crippen molar-refractivity contribution < 1.29 is 0 Å². The molecule has 1 aliphatic heterocycles. The molecule has 0 aromatic carbocycles. The van der Waals surface area contributed by atoms with Gasteiger partial charge in [0.2, 0.25) is 0 Å². The Morgan fingerprint density at radius 2 is 2.22 bits per heavy atom. The lowest BCUT2D eigenvalue weighted by molar-refractivity contribution is 0.727. The molecule has 0 aromatic heterocycles. The summed E-state index contributed by atoms with van der Waals surface area (Å²) in [6.45, 7) is 12.6. The summed E-state index contributed by atoms with van der Waals surface area (Å²) in [4.78, 5) is 2.67. The van der Waals surface area contributed by atoms with Gasteiger partial charge in [0.25, 0.3) is 0 Å². The summed E-state index contributed by atoms with van der Waals surface area (Å²) in [7, 11) is 0. The van der Waals surface area contributed by atoms with Crippen LogP contribution in [-0.4, -0.2) is 0 Å². The van der Waals surface area contributed by atoms with Gasteiger partial charge in [-0.15, -0.1) is 6.58 Å². The fourth-order valence-corrected chi connectivity index (χ4v) is 3.88. The highest BCUT2D eigenvalue weighted by Crippen LogP contribution is 2.49. The van der Waals surface area contributed by atoms with Crippen LogP contribution >= 0.6 is 11.8 Å². The number of hydrogen-bond acceptors (Lipinski definition) is 1. The molecule has 0 fully saturated rings. The molecule has 1 atom stereocenters. The van der Waals surface area contributed by atoms with Gasteiger partial charge < -0.3 is 0 Å². The molecule has 0 unspecified atom stereocenters. The lowest BCUT2D eigenvalue weighted by Crippen LogP contribution is -2.09. The molecule has 18 heavy (non-hydrogen) atoms. The average molecular weight is 258 g/mol. The van der Waals surface area contributed by atoms with E-state index in [4.69, 9.17) is 0 Å². The summed E-state index contributed by atoms with van der Waals surface area (Å²) in [5, 5.41) is 0. The van der Waals surface area contributed by atoms with Gasteiger partial charge >= 0.3 is 0 Å². The van der Waals surface area contributed by atoms with Crippen molar-refractivity contribution in [2.75, 3.05) is 0 Å². The highest BCUT2D eigenvalue weighted by atomic mass is 32.2. The average Bonchev–Trinajstić information content (AvgIpc) is 2.35. The van der Waals surface area contributed by atoms with Crippen LogP contribution in [0.3, 0.4) is 0 Å². The third-order valence-electron chi connectivity index (χ3n) is 3.61. The summed E-state index contributed by atoms with van der Waals surface area (Å²) in [5.41, 5.74) is 4.45.